The molecule has 0 radical (unpaired) electrons. The molecule has 0 aliphatic heterocycles. The maximum absolute atomic E-state index is 13.7. The molecule has 0 nitrogen and oxygen atoms in total. The first kappa shape index (κ1) is 16.2. The van der Waals surface area contributed by atoms with Gasteiger partial charge in [0.15, 0.2) is 0 Å². The predicted octanol–water partition coefficient (Wildman–Crippen LogP) is 6.16. The zero-order valence-corrected chi connectivity index (χ0v) is 13.8. The average Bonchev–Trinajstić information content (AvgIpc) is 2.50. The van der Waals surface area contributed by atoms with E-state index in [0.717, 1.165) is 12.0 Å². The van der Waals surface area contributed by atoms with Gasteiger partial charge in [-0.3, -0.25) is 0 Å². The second kappa shape index (κ2) is 7.17. The molecular weight excluding hydrogens is 334 g/mol. The summed E-state index contributed by atoms with van der Waals surface area (Å²) in [6.45, 7) is 4.35. The minimum absolute atomic E-state index is 0.102. The third-order valence-electron chi connectivity index (χ3n) is 3.92. The number of rotatable bonds is 5. The summed E-state index contributed by atoms with van der Waals surface area (Å²) >= 11 is 3.54. The number of benzene rings is 2. The van der Waals surface area contributed by atoms with Gasteiger partial charge in [-0.1, -0.05) is 60.1 Å². The molecule has 0 amide bonds. The predicted molar refractivity (Wildman–Crippen MR) is 86.9 cm³/mol. The molecule has 0 spiro atoms. The van der Waals surface area contributed by atoms with Crippen molar-refractivity contribution in [3.63, 3.8) is 0 Å². The fourth-order valence-electron chi connectivity index (χ4n) is 2.29. The van der Waals surface area contributed by atoms with E-state index in [1.807, 2.05) is 12.1 Å². The van der Waals surface area contributed by atoms with Gasteiger partial charge in [0.25, 0.3) is 0 Å². The molecule has 2 unspecified atom stereocenters. The van der Waals surface area contributed by atoms with Crippen molar-refractivity contribution in [1.29, 1.82) is 0 Å². The number of alkyl halides is 1. The highest BCUT2D eigenvalue weighted by Gasteiger charge is 2.15. The molecule has 0 saturated carbocycles. The van der Waals surface area contributed by atoms with Gasteiger partial charge in [0.2, 0.25) is 0 Å². The molecule has 3 heteroatoms. The van der Waals surface area contributed by atoms with Crippen LogP contribution >= 0.6 is 15.9 Å². The fraction of sp³-hybridized carbons (Fsp3) is 0.333. The van der Waals surface area contributed by atoms with Crippen molar-refractivity contribution in [3.05, 3.63) is 70.8 Å². The molecule has 2 rings (SSSR count). The van der Waals surface area contributed by atoms with E-state index in [4.69, 9.17) is 0 Å². The largest absolute Gasteiger partial charge is 0.207 e. The van der Waals surface area contributed by atoms with E-state index in [1.165, 1.54) is 23.8 Å². The highest BCUT2D eigenvalue weighted by molar-refractivity contribution is 9.09. The molecule has 0 aromatic heterocycles. The minimum Gasteiger partial charge on any atom is -0.207 e. The first-order valence-electron chi connectivity index (χ1n) is 7.19. The summed E-state index contributed by atoms with van der Waals surface area (Å²) in [6.07, 6.45) is 1.39. The van der Waals surface area contributed by atoms with Crippen LogP contribution in [0.4, 0.5) is 8.78 Å². The van der Waals surface area contributed by atoms with Crippen LogP contribution < -0.4 is 0 Å². The number of hydrogen-bond donors (Lipinski definition) is 0. The SMILES string of the molecule is CCC(C)c1ccc(C(Br)Cc2c(F)cccc2F)cc1. The molecule has 21 heavy (non-hydrogen) atoms. The van der Waals surface area contributed by atoms with Crippen molar-refractivity contribution in [2.24, 2.45) is 0 Å². The zero-order valence-electron chi connectivity index (χ0n) is 12.2. The van der Waals surface area contributed by atoms with E-state index >= 15 is 0 Å². The van der Waals surface area contributed by atoms with Crippen molar-refractivity contribution in [2.75, 3.05) is 0 Å². The molecule has 0 saturated heterocycles. The lowest BCUT2D eigenvalue weighted by molar-refractivity contribution is 0.554. The highest BCUT2D eigenvalue weighted by Crippen LogP contribution is 2.30. The summed E-state index contributed by atoms with van der Waals surface area (Å²) in [5.74, 6) is -0.455. The highest BCUT2D eigenvalue weighted by atomic mass is 79.9. The van der Waals surface area contributed by atoms with Crippen LogP contribution in [0.25, 0.3) is 0 Å². The van der Waals surface area contributed by atoms with Crippen molar-refractivity contribution < 1.29 is 8.78 Å². The molecule has 2 aromatic carbocycles. The normalized spacial score (nSPS) is 14.0. The van der Waals surface area contributed by atoms with Crippen molar-refractivity contribution >= 4 is 15.9 Å². The van der Waals surface area contributed by atoms with E-state index in [0.29, 0.717) is 12.3 Å². The molecule has 0 heterocycles. The standard InChI is InChI=1S/C18H19BrF2/c1-3-12(2)13-7-9-14(10-8-13)16(19)11-15-17(20)5-4-6-18(15)21/h4-10,12,16H,3,11H2,1-2H3. The van der Waals surface area contributed by atoms with Gasteiger partial charge in [0, 0.05) is 10.4 Å². The Hall–Kier alpha value is -1.22. The Kier molecular flexibility index (Phi) is 5.51. The third-order valence-corrected chi connectivity index (χ3v) is 4.78. The van der Waals surface area contributed by atoms with Gasteiger partial charge in [-0.25, -0.2) is 8.78 Å². The molecule has 2 atom stereocenters. The first-order chi connectivity index (χ1) is 10.0. The van der Waals surface area contributed by atoms with Gasteiger partial charge < -0.3 is 0 Å². The maximum Gasteiger partial charge on any atom is 0.129 e. The van der Waals surface area contributed by atoms with Gasteiger partial charge in [-0.2, -0.15) is 0 Å². The number of halogens is 3. The molecule has 2 aromatic rings. The second-order valence-corrected chi connectivity index (χ2v) is 6.45. The van der Waals surface area contributed by atoms with Gasteiger partial charge >= 0.3 is 0 Å². The fourth-order valence-corrected chi connectivity index (χ4v) is 2.92. The Morgan fingerprint density at radius 1 is 0.952 bits per heavy atom. The van der Waals surface area contributed by atoms with Crippen LogP contribution in [0.2, 0.25) is 0 Å². The molecule has 0 N–H and O–H groups in total. The number of hydrogen-bond acceptors (Lipinski definition) is 0. The lowest BCUT2D eigenvalue weighted by Gasteiger charge is -2.14. The van der Waals surface area contributed by atoms with Crippen LogP contribution in [-0.2, 0) is 6.42 Å². The summed E-state index contributed by atoms with van der Waals surface area (Å²) in [6, 6.07) is 12.2. The van der Waals surface area contributed by atoms with Crippen LogP contribution in [0.3, 0.4) is 0 Å². The zero-order chi connectivity index (χ0) is 15.4. The summed E-state index contributed by atoms with van der Waals surface area (Å²) in [7, 11) is 0. The van der Waals surface area contributed by atoms with Gasteiger partial charge in [0.05, 0.1) is 0 Å². The Morgan fingerprint density at radius 2 is 1.48 bits per heavy atom. The van der Waals surface area contributed by atoms with Crippen LogP contribution in [0.15, 0.2) is 42.5 Å². The molecular formula is C18H19BrF2. The van der Waals surface area contributed by atoms with E-state index in [9.17, 15) is 8.78 Å². The Labute approximate surface area is 133 Å². The summed E-state index contributed by atoms with van der Waals surface area (Å²) in [5.41, 5.74) is 2.45. The van der Waals surface area contributed by atoms with Crippen molar-refractivity contribution in [3.8, 4) is 0 Å². The molecule has 0 aliphatic carbocycles. The summed E-state index contributed by atoms with van der Waals surface area (Å²) < 4.78 is 27.4. The van der Waals surface area contributed by atoms with Crippen LogP contribution in [0.5, 0.6) is 0 Å². The van der Waals surface area contributed by atoms with Crippen LogP contribution in [0, 0.1) is 11.6 Å². The molecule has 0 bridgehead atoms. The van der Waals surface area contributed by atoms with E-state index < -0.39 is 11.6 Å². The van der Waals surface area contributed by atoms with Gasteiger partial charge in [-0.15, -0.1) is 0 Å². The maximum atomic E-state index is 13.7. The Bertz CT molecular complexity index is 572. The van der Waals surface area contributed by atoms with Crippen molar-refractivity contribution in [1.82, 2.24) is 0 Å². The van der Waals surface area contributed by atoms with Crippen LogP contribution in [-0.4, -0.2) is 0 Å². The smallest absolute Gasteiger partial charge is 0.129 e. The quantitative estimate of drug-likeness (QED) is 0.565. The molecule has 112 valence electrons. The van der Waals surface area contributed by atoms with E-state index in [2.05, 4.69) is 41.9 Å². The van der Waals surface area contributed by atoms with Gasteiger partial charge in [-0.05, 0) is 42.0 Å². The lowest BCUT2D eigenvalue weighted by Crippen LogP contribution is -2.01. The molecule has 0 fully saturated rings. The second-order valence-electron chi connectivity index (χ2n) is 5.35. The lowest BCUT2D eigenvalue weighted by atomic mass is 9.96. The van der Waals surface area contributed by atoms with E-state index in [-0.39, 0.29) is 10.4 Å². The third kappa shape index (κ3) is 3.91. The van der Waals surface area contributed by atoms with Crippen LogP contribution in [0.1, 0.15) is 47.7 Å². The minimum atomic E-state index is -0.490. The Morgan fingerprint density at radius 3 is 2.00 bits per heavy atom. The Balaban J connectivity index is 2.15. The van der Waals surface area contributed by atoms with Crippen molar-refractivity contribution in [2.45, 2.75) is 37.4 Å². The summed E-state index contributed by atoms with van der Waals surface area (Å²) in [5, 5.41) is 0. The topological polar surface area (TPSA) is 0 Å². The first-order valence-corrected chi connectivity index (χ1v) is 8.11. The molecule has 0 aliphatic rings. The summed E-state index contributed by atoms with van der Waals surface area (Å²) in [4.78, 5) is -0.102. The van der Waals surface area contributed by atoms with E-state index in [1.54, 1.807) is 0 Å². The van der Waals surface area contributed by atoms with Gasteiger partial charge in [0.1, 0.15) is 11.6 Å². The monoisotopic (exact) mass is 352 g/mol. The average molecular weight is 353 g/mol.